The Morgan fingerprint density at radius 1 is 0.370 bits per heavy atom. The van der Waals surface area contributed by atoms with Gasteiger partial charge in [-0.2, -0.15) is 0 Å². The average molecular weight is 609 g/mol. The number of rotatable bonds is 6. The van der Waals surface area contributed by atoms with Gasteiger partial charge in [0.05, 0.1) is 0 Å². The second kappa shape index (κ2) is 12.0. The molecular formula is C41H36O5. The molecule has 230 valence electrons. The van der Waals surface area contributed by atoms with Crippen LogP contribution in [0.4, 0.5) is 0 Å². The van der Waals surface area contributed by atoms with E-state index in [-0.39, 0.29) is 28.7 Å². The van der Waals surface area contributed by atoms with Crippen LogP contribution in [0.1, 0.15) is 44.9 Å². The highest BCUT2D eigenvalue weighted by atomic mass is 16.3. The molecule has 0 spiro atoms. The van der Waals surface area contributed by atoms with E-state index < -0.39 is 5.92 Å². The van der Waals surface area contributed by atoms with Crippen LogP contribution in [0.2, 0.25) is 0 Å². The SMILES string of the molecule is Cc1cc(-c2cc(C)c(O)c(C(c3ccc(-c4ccc(O)cc4)cc3)c3cc(-c4ccc(O)c(C)c4)cc(C)c3O)c2)ccc1O. The van der Waals surface area contributed by atoms with Gasteiger partial charge in [-0.25, -0.2) is 0 Å². The quantitative estimate of drug-likeness (QED) is 0.121. The smallest absolute Gasteiger partial charge is 0.122 e. The lowest BCUT2D eigenvalue weighted by Crippen LogP contribution is -2.07. The van der Waals surface area contributed by atoms with E-state index in [1.807, 2.05) is 113 Å². The first kappa shape index (κ1) is 30.4. The van der Waals surface area contributed by atoms with Gasteiger partial charge >= 0.3 is 0 Å². The fraction of sp³-hybridized carbons (Fsp3) is 0.122. The topological polar surface area (TPSA) is 101 Å². The summed E-state index contributed by atoms with van der Waals surface area (Å²) < 4.78 is 0. The lowest BCUT2D eigenvalue weighted by molar-refractivity contribution is 0.454. The highest BCUT2D eigenvalue weighted by Gasteiger charge is 2.26. The summed E-state index contributed by atoms with van der Waals surface area (Å²) in [6.07, 6.45) is 0. The minimum atomic E-state index is -0.553. The maximum Gasteiger partial charge on any atom is 0.122 e. The molecule has 0 aliphatic rings. The van der Waals surface area contributed by atoms with Crippen LogP contribution < -0.4 is 0 Å². The van der Waals surface area contributed by atoms with Crippen molar-refractivity contribution in [1.82, 2.24) is 0 Å². The molecule has 0 amide bonds. The van der Waals surface area contributed by atoms with E-state index in [1.54, 1.807) is 24.3 Å². The summed E-state index contributed by atoms with van der Waals surface area (Å²) in [5.74, 6) is 0.345. The van der Waals surface area contributed by atoms with E-state index in [0.717, 1.165) is 50.1 Å². The van der Waals surface area contributed by atoms with Crippen molar-refractivity contribution in [3.63, 3.8) is 0 Å². The molecule has 6 aromatic carbocycles. The van der Waals surface area contributed by atoms with E-state index in [9.17, 15) is 25.5 Å². The van der Waals surface area contributed by atoms with Gasteiger partial charge in [-0.15, -0.1) is 0 Å². The number of phenolic OH excluding ortho intramolecular Hbond substituents is 5. The molecule has 0 fully saturated rings. The Bertz CT molecular complexity index is 1970. The fourth-order valence-corrected chi connectivity index (χ4v) is 6.11. The van der Waals surface area contributed by atoms with Crippen LogP contribution in [0.5, 0.6) is 28.7 Å². The summed E-state index contributed by atoms with van der Waals surface area (Å²) in [6, 6.07) is 33.7. The molecule has 0 aromatic heterocycles. The average Bonchev–Trinajstić information content (AvgIpc) is 3.04. The van der Waals surface area contributed by atoms with E-state index in [4.69, 9.17) is 0 Å². The van der Waals surface area contributed by atoms with Gasteiger partial charge in [-0.1, -0.05) is 48.5 Å². The molecule has 5 nitrogen and oxygen atoms in total. The zero-order chi connectivity index (χ0) is 32.7. The molecule has 0 saturated heterocycles. The van der Waals surface area contributed by atoms with Crippen molar-refractivity contribution in [3.05, 3.63) is 148 Å². The van der Waals surface area contributed by atoms with Gasteiger partial charge in [-0.05, 0) is 150 Å². The van der Waals surface area contributed by atoms with Crippen molar-refractivity contribution < 1.29 is 25.5 Å². The second-order valence-corrected chi connectivity index (χ2v) is 12.1. The third-order valence-electron chi connectivity index (χ3n) is 8.79. The van der Waals surface area contributed by atoms with Crippen LogP contribution in [0.15, 0.2) is 109 Å². The molecule has 5 N–H and O–H groups in total. The first-order chi connectivity index (χ1) is 22.0. The summed E-state index contributed by atoms with van der Waals surface area (Å²) in [5, 5.41) is 53.4. The predicted molar refractivity (Wildman–Crippen MR) is 184 cm³/mol. The third kappa shape index (κ3) is 5.75. The van der Waals surface area contributed by atoms with Gasteiger partial charge in [0.1, 0.15) is 28.7 Å². The number of aromatic hydroxyl groups is 5. The van der Waals surface area contributed by atoms with Crippen LogP contribution in [-0.2, 0) is 0 Å². The van der Waals surface area contributed by atoms with Crippen molar-refractivity contribution in [2.24, 2.45) is 0 Å². The van der Waals surface area contributed by atoms with Gasteiger partial charge < -0.3 is 25.5 Å². The normalized spacial score (nSPS) is 11.2. The molecular weight excluding hydrogens is 572 g/mol. The zero-order valence-electron chi connectivity index (χ0n) is 26.2. The Morgan fingerprint density at radius 3 is 1.15 bits per heavy atom. The number of benzene rings is 6. The number of aryl methyl sites for hydroxylation is 4. The van der Waals surface area contributed by atoms with Gasteiger partial charge in [0, 0.05) is 17.0 Å². The van der Waals surface area contributed by atoms with E-state index >= 15 is 0 Å². The maximum absolute atomic E-state index is 11.7. The number of hydrogen-bond donors (Lipinski definition) is 5. The molecule has 0 aliphatic carbocycles. The molecule has 46 heavy (non-hydrogen) atoms. The monoisotopic (exact) mass is 608 g/mol. The summed E-state index contributed by atoms with van der Waals surface area (Å²) in [5.41, 5.74) is 10.5. The summed E-state index contributed by atoms with van der Waals surface area (Å²) >= 11 is 0. The minimum absolute atomic E-state index is 0.134. The zero-order valence-corrected chi connectivity index (χ0v) is 26.2. The highest BCUT2D eigenvalue weighted by Crippen LogP contribution is 2.46. The molecule has 5 heteroatoms. The Kier molecular flexibility index (Phi) is 7.93. The maximum atomic E-state index is 11.7. The Morgan fingerprint density at radius 2 is 0.739 bits per heavy atom. The Labute approximate surface area is 269 Å². The van der Waals surface area contributed by atoms with E-state index in [0.29, 0.717) is 22.3 Å². The lowest BCUT2D eigenvalue weighted by Gasteiger charge is -2.25. The Hall–Kier alpha value is -5.68. The third-order valence-corrected chi connectivity index (χ3v) is 8.79. The van der Waals surface area contributed by atoms with Gasteiger partial charge in [0.15, 0.2) is 0 Å². The first-order valence-electron chi connectivity index (χ1n) is 15.2. The second-order valence-electron chi connectivity index (χ2n) is 12.1. The van der Waals surface area contributed by atoms with Crippen LogP contribution in [0.3, 0.4) is 0 Å². The lowest BCUT2D eigenvalue weighted by atomic mass is 9.80. The first-order valence-corrected chi connectivity index (χ1v) is 15.2. The molecule has 0 unspecified atom stereocenters. The molecule has 0 radical (unpaired) electrons. The summed E-state index contributed by atoms with van der Waals surface area (Å²) in [4.78, 5) is 0. The summed E-state index contributed by atoms with van der Waals surface area (Å²) in [6.45, 7) is 7.42. The van der Waals surface area contributed by atoms with Gasteiger partial charge in [-0.3, -0.25) is 0 Å². The van der Waals surface area contributed by atoms with Crippen LogP contribution in [0, 0.1) is 27.7 Å². The molecule has 0 aliphatic heterocycles. The van der Waals surface area contributed by atoms with Crippen LogP contribution in [-0.4, -0.2) is 25.5 Å². The number of hydrogen-bond acceptors (Lipinski definition) is 5. The Balaban J connectivity index is 1.58. The molecule has 0 heterocycles. The standard InChI is InChI=1S/C41H36O5/c1-23-17-30(11-15-37(23)43)32-19-25(3)40(45)35(21-32)39(29-7-5-27(6-8-29)28-9-13-34(42)14-10-28)36-22-33(20-26(4)41(36)46)31-12-16-38(44)24(2)18-31/h5-22,39,42-46H,1-4H3. The van der Waals surface area contributed by atoms with Crippen molar-refractivity contribution in [2.45, 2.75) is 33.6 Å². The largest absolute Gasteiger partial charge is 0.508 e. The van der Waals surface area contributed by atoms with Crippen LogP contribution >= 0.6 is 0 Å². The molecule has 6 aromatic rings. The van der Waals surface area contributed by atoms with Crippen molar-refractivity contribution in [2.75, 3.05) is 0 Å². The number of phenols is 5. The van der Waals surface area contributed by atoms with Gasteiger partial charge in [0.25, 0.3) is 0 Å². The van der Waals surface area contributed by atoms with Crippen LogP contribution in [0.25, 0.3) is 33.4 Å². The van der Waals surface area contributed by atoms with E-state index in [1.165, 1.54) is 0 Å². The van der Waals surface area contributed by atoms with E-state index in [2.05, 4.69) is 0 Å². The highest BCUT2D eigenvalue weighted by molar-refractivity contribution is 5.74. The fourth-order valence-electron chi connectivity index (χ4n) is 6.11. The van der Waals surface area contributed by atoms with Gasteiger partial charge in [0.2, 0.25) is 0 Å². The molecule has 6 rings (SSSR count). The summed E-state index contributed by atoms with van der Waals surface area (Å²) in [7, 11) is 0. The van der Waals surface area contributed by atoms with Crippen molar-refractivity contribution >= 4 is 0 Å². The molecule has 0 bridgehead atoms. The molecule has 0 saturated carbocycles. The minimum Gasteiger partial charge on any atom is -0.508 e. The predicted octanol–water partition coefficient (Wildman–Crippen LogP) is 9.63. The molecule has 0 atom stereocenters. The van der Waals surface area contributed by atoms with Crippen molar-refractivity contribution in [1.29, 1.82) is 0 Å². The van der Waals surface area contributed by atoms with Crippen molar-refractivity contribution in [3.8, 4) is 62.1 Å².